The molecule has 0 radical (unpaired) electrons. The van der Waals surface area contributed by atoms with Gasteiger partial charge in [0.1, 0.15) is 18.0 Å². The quantitative estimate of drug-likeness (QED) is 0.681. The lowest BCUT2D eigenvalue weighted by atomic mass is 10.2. The van der Waals surface area contributed by atoms with E-state index in [4.69, 9.17) is 5.11 Å². The summed E-state index contributed by atoms with van der Waals surface area (Å²) in [5.41, 5.74) is 1.01. The highest BCUT2D eigenvalue weighted by Gasteiger charge is 2.05. The van der Waals surface area contributed by atoms with Crippen molar-refractivity contribution in [1.29, 1.82) is 0 Å². The Morgan fingerprint density at radius 2 is 1.94 bits per heavy atom. The van der Waals surface area contributed by atoms with Crippen molar-refractivity contribution in [3.8, 4) is 0 Å². The van der Waals surface area contributed by atoms with E-state index in [1.165, 1.54) is 6.33 Å². The van der Waals surface area contributed by atoms with E-state index >= 15 is 0 Å². The van der Waals surface area contributed by atoms with Crippen LogP contribution in [0.15, 0.2) is 6.33 Å². The van der Waals surface area contributed by atoms with Gasteiger partial charge in [-0.05, 0) is 27.2 Å². The summed E-state index contributed by atoms with van der Waals surface area (Å²) in [6.07, 6.45) is 1.96. The molecule has 0 amide bonds. The van der Waals surface area contributed by atoms with Crippen LogP contribution in [0.1, 0.15) is 25.8 Å². The van der Waals surface area contributed by atoms with E-state index in [9.17, 15) is 0 Å². The van der Waals surface area contributed by atoms with Gasteiger partial charge in [-0.25, -0.2) is 9.97 Å². The van der Waals surface area contributed by atoms with Crippen LogP contribution < -0.4 is 10.6 Å². The largest absolute Gasteiger partial charge is 0.393 e. The van der Waals surface area contributed by atoms with Crippen LogP contribution in [0.2, 0.25) is 0 Å². The van der Waals surface area contributed by atoms with Gasteiger partial charge in [0, 0.05) is 18.7 Å². The van der Waals surface area contributed by atoms with Gasteiger partial charge < -0.3 is 15.7 Å². The molecule has 1 unspecified atom stereocenters. The van der Waals surface area contributed by atoms with Crippen LogP contribution in [-0.4, -0.2) is 34.3 Å². The Labute approximate surface area is 96.3 Å². The number of hydrogen-bond donors (Lipinski definition) is 3. The third kappa shape index (κ3) is 3.66. The minimum atomic E-state index is -0.289. The van der Waals surface area contributed by atoms with Gasteiger partial charge in [-0.15, -0.1) is 0 Å². The van der Waals surface area contributed by atoms with Crippen LogP contribution in [0.25, 0.3) is 0 Å². The molecule has 0 bridgehead atoms. The van der Waals surface area contributed by atoms with Gasteiger partial charge in [0.05, 0.1) is 6.10 Å². The Bertz CT molecular complexity index is 328. The number of hydrogen-bond acceptors (Lipinski definition) is 5. The number of anilines is 2. The van der Waals surface area contributed by atoms with Crippen molar-refractivity contribution < 1.29 is 5.11 Å². The predicted octanol–water partition coefficient (Wildman–Crippen LogP) is 1.40. The first-order valence-electron chi connectivity index (χ1n) is 5.62. The molecule has 16 heavy (non-hydrogen) atoms. The molecule has 0 fully saturated rings. The normalized spacial score (nSPS) is 12.2. The van der Waals surface area contributed by atoms with Gasteiger partial charge >= 0.3 is 0 Å². The molecule has 0 spiro atoms. The second kappa shape index (κ2) is 6.27. The molecular formula is C11H20N4O. The Morgan fingerprint density at radius 3 is 2.50 bits per heavy atom. The standard InChI is InChI=1S/C11H20N4O/c1-4-12-10-9(3)11(15-7-14-10)13-6-5-8(2)16/h7-8,16H,4-6H2,1-3H3,(H2,12,13,14,15). The topological polar surface area (TPSA) is 70.1 Å². The zero-order valence-electron chi connectivity index (χ0n) is 10.1. The SMILES string of the molecule is CCNc1ncnc(NCCC(C)O)c1C. The molecule has 0 aliphatic heterocycles. The zero-order chi connectivity index (χ0) is 12.0. The van der Waals surface area contributed by atoms with E-state index in [2.05, 4.69) is 20.6 Å². The maximum Gasteiger partial charge on any atom is 0.134 e. The third-order valence-electron chi connectivity index (χ3n) is 2.28. The fourth-order valence-corrected chi connectivity index (χ4v) is 1.37. The highest BCUT2D eigenvalue weighted by atomic mass is 16.3. The molecule has 1 atom stereocenters. The van der Waals surface area contributed by atoms with E-state index < -0.39 is 0 Å². The van der Waals surface area contributed by atoms with E-state index in [0.29, 0.717) is 13.0 Å². The Kier molecular flexibility index (Phi) is 4.98. The van der Waals surface area contributed by atoms with Crippen molar-refractivity contribution in [2.45, 2.75) is 33.3 Å². The van der Waals surface area contributed by atoms with Crippen molar-refractivity contribution >= 4 is 11.6 Å². The van der Waals surface area contributed by atoms with Gasteiger partial charge in [-0.1, -0.05) is 0 Å². The van der Waals surface area contributed by atoms with Crippen LogP contribution in [0.4, 0.5) is 11.6 Å². The highest BCUT2D eigenvalue weighted by Crippen LogP contribution is 2.17. The summed E-state index contributed by atoms with van der Waals surface area (Å²) in [6.45, 7) is 7.33. The molecule has 1 aromatic heterocycles. The summed E-state index contributed by atoms with van der Waals surface area (Å²) in [6, 6.07) is 0. The highest BCUT2D eigenvalue weighted by molar-refractivity contribution is 5.56. The van der Waals surface area contributed by atoms with Crippen molar-refractivity contribution in [2.75, 3.05) is 23.7 Å². The lowest BCUT2D eigenvalue weighted by Crippen LogP contribution is -2.12. The number of aliphatic hydroxyl groups is 1. The second-order valence-corrected chi connectivity index (χ2v) is 3.79. The summed E-state index contributed by atoms with van der Waals surface area (Å²) in [5, 5.41) is 15.5. The van der Waals surface area contributed by atoms with Crippen LogP contribution in [-0.2, 0) is 0 Å². The van der Waals surface area contributed by atoms with E-state index in [0.717, 1.165) is 23.7 Å². The predicted molar refractivity (Wildman–Crippen MR) is 65.7 cm³/mol. The molecule has 0 aliphatic rings. The average molecular weight is 224 g/mol. The maximum absolute atomic E-state index is 9.15. The first kappa shape index (κ1) is 12.7. The van der Waals surface area contributed by atoms with Gasteiger partial charge in [-0.3, -0.25) is 0 Å². The molecule has 3 N–H and O–H groups in total. The fraction of sp³-hybridized carbons (Fsp3) is 0.636. The van der Waals surface area contributed by atoms with E-state index in [1.807, 2.05) is 13.8 Å². The smallest absolute Gasteiger partial charge is 0.134 e. The summed E-state index contributed by atoms with van der Waals surface area (Å²) >= 11 is 0. The van der Waals surface area contributed by atoms with Crippen LogP contribution >= 0.6 is 0 Å². The molecule has 5 heteroatoms. The van der Waals surface area contributed by atoms with Crippen LogP contribution in [0.5, 0.6) is 0 Å². The van der Waals surface area contributed by atoms with Gasteiger partial charge in [0.15, 0.2) is 0 Å². The molecule has 0 aliphatic carbocycles. The lowest BCUT2D eigenvalue weighted by molar-refractivity contribution is 0.188. The lowest BCUT2D eigenvalue weighted by Gasteiger charge is -2.12. The number of aliphatic hydroxyl groups excluding tert-OH is 1. The van der Waals surface area contributed by atoms with Crippen molar-refractivity contribution in [3.63, 3.8) is 0 Å². The van der Waals surface area contributed by atoms with E-state index in [1.54, 1.807) is 6.92 Å². The van der Waals surface area contributed by atoms with Crippen LogP contribution in [0, 0.1) is 6.92 Å². The average Bonchev–Trinajstić information content (AvgIpc) is 2.23. The molecule has 1 aromatic rings. The summed E-state index contributed by atoms with van der Waals surface area (Å²) in [7, 11) is 0. The first-order valence-corrected chi connectivity index (χ1v) is 5.62. The van der Waals surface area contributed by atoms with Crippen molar-refractivity contribution in [3.05, 3.63) is 11.9 Å². The molecule has 90 valence electrons. The van der Waals surface area contributed by atoms with Gasteiger partial charge in [0.25, 0.3) is 0 Å². The van der Waals surface area contributed by atoms with Crippen LogP contribution in [0.3, 0.4) is 0 Å². The molecule has 0 saturated carbocycles. The molecule has 1 heterocycles. The summed E-state index contributed by atoms with van der Waals surface area (Å²) < 4.78 is 0. The summed E-state index contributed by atoms with van der Waals surface area (Å²) in [5.74, 6) is 1.68. The minimum Gasteiger partial charge on any atom is -0.393 e. The van der Waals surface area contributed by atoms with Crippen molar-refractivity contribution in [2.24, 2.45) is 0 Å². The zero-order valence-corrected chi connectivity index (χ0v) is 10.1. The van der Waals surface area contributed by atoms with Crippen molar-refractivity contribution in [1.82, 2.24) is 9.97 Å². The van der Waals surface area contributed by atoms with Gasteiger partial charge in [-0.2, -0.15) is 0 Å². The Morgan fingerprint density at radius 1 is 1.31 bits per heavy atom. The number of aromatic nitrogens is 2. The molecular weight excluding hydrogens is 204 g/mol. The first-order chi connectivity index (χ1) is 7.65. The van der Waals surface area contributed by atoms with Gasteiger partial charge in [0.2, 0.25) is 0 Å². The Balaban J connectivity index is 2.62. The summed E-state index contributed by atoms with van der Waals surface area (Å²) in [4.78, 5) is 8.33. The molecule has 5 nitrogen and oxygen atoms in total. The minimum absolute atomic E-state index is 0.289. The second-order valence-electron chi connectivity index (χ2n) is 3.79. The number of nitrogens with zero attached hydrogens (tertiary/aromatic N) is 2. The molecule has 0 aromatic carbocycles. The monoisotopic (exact) mass is 224 g/mol. The number of nitrogens with one attached hydrogen (secondary N) is 2. The molecule has 0 saturated heterocycles. The van der Waals surface area contributed by atoms with E-state index in [-0.39, 0.29) is 6.10 Å². The maximum atomic E-state index is 9.15. The molecule has 1 rings (SSSR count). The number of rotatable bonds is 6. The Hall–Kier alpha value is -1.36. The third-order valence-corrected chi connectivity index (χ3v) is 2.28. The fourth-order valence-electron chi connectivity index (χ4n) is 1.37.